The second-order valence-corrected chi connectivity index (χ2v) is 0.894. The quantitative estimate of drug-likeness (QED) is 0.246. The molecule has 0 rings (SSSR count). The number of hydrogen-bond acceptors (Lipinski definition) is 8. The molecule has 0 heterocycles. The Bertz CT molecular complexity index is 193. The Morgan fingerprint density at radius 2 is 0.737 bits per heavy atom. The Balaban J connectivity index is -0.00000000929. The smallest absolute Gasteiger partial charge is 0.457 e. The van der Waals surface area contributed by atoms with E-state index < -0.39 is 10.2 Å². The van der Waals surface area contributed by atoms with Gasteiger partial charge in [-0.05, 0) is 0 Å². The van der Waals surface area contributed by atoms with Crippen LogP contribution in [0.5, 0.6) is 0 Å². The van der Waals surface area contributed by atoms with Crippen molar-refractivity contribution in [1.29, 1.82) is 10.5 Å². The summed E-state index contributed by atoms with van der Waals surface area (Å²) in [7, 11) is 0. The minimum absolute atomic E-state index is 0. The molecule has 0 aliphatic heterocycles. The number of nitrogens with zero attached hydrogens (tertiary/aromatic N) is 4. The van der Waals surface area contributed by atoms with Gasteiger partial charge in [0.25, 0.3) is 0 Å². The number of nitriles is 2. The van der Waals surface area contributed by atoms with E-state index in [1.54, 1.807) is 12.1 Å². The van der Waals surface area contributed by atoms with Gasteiger partial charge in [-0.3, -0.25) is 0 Å². The summed E-state index contributed by atoms with van der Waals surface area (Å²) < 4.78 is 0. The summed E-state index contributed by atoms with van der Waals surface area (Å²) in [5.41, 5.74) is 0. The Labute approximate surface area is 117 Å². The Morgan fingerprint density at radius 1 is 0.737 bits per heavy atom. The third kappa shape index (κ3) is 573. The molecule has 0 fully saturated rings. The Hall–Kier alpha value is -2.27. The normalized spacial score (nSPS) is 3.37. The topological polar surface area (TPSA) is 312 Å². The molecule has 19 heavy (non-hydrogen) atoms. The molecule has 0 spiro atoms. The summed E-state index contributed by atoms with van der Waals surface area (Å²) in [6.45, 7) is 2.86. The third-order valence-electron chi connectivity index (χ3n) is 0. The van der Waals surface area contributed by atoms with Crippen LogP contribution in [-0.4, -0.2) is 10.2 Å². The van der Waals surface area contributed by atoms with Crippen LogP contribution in [0.3, 0.4) is 0 Å². The average molecular weight is 341 g/mol. The van der Waals surface area contributed by atoms with Crippen molar-refractivity contribution < 1.29 is 48.9 Å². The van der Waals surface area contributed by atoms with E-state index in [0.717, 1.165) is 0 Å². The molecule has 119 valence electrons. The van der Waals surface area contributed by atoms with Crippen molar-refractivity contribution in [1.82, 2.24) is 0 Å². The minimum atomic E-state index is -1.75. The molecule has 0 unspecified atom stereocenters. The van der Waals surface area contributed by atoms with Gasteiger partial charge in [-0.25, -0.2) is 0 Å². The molecular formula is C4H18CoN4O10+4. The molecule has 1 radical (unpaired) electrons. The van der Waals surface area contributed by atoms with Gasteiger partial charge >= 0.3 is 16.8 Å². The molecule has 0 aromatic carbocycles. The van der Waals surface area contributed by atoms with Crippen molar-refractivity contribution in [2.24, 2.45) is 0 Å². The van der Waals surface area contributed by atoms with E-state index in [1.165, 1.54) is 13.8 Å². The van der Waals surface area contributed by atoms with E-state index in [9.17, 15) is 0 Å². The second kappa shape index (κ2) is 104. The monoisotopic (exact) mass is 341 g/mol. The summed E-state index contributed by atoms with van der Waals surface area (Å²) in [6.07, 6.45) is 0. The fourth-order valence-electron chi connectivity index (χ4n) is 0. The first-order valence-corrected chi connectivity index (χ1v) is 2.54. The molecule has 0 aliphatic carbocycles. The SMILES string of the molecule is CC#N.CC#N.O=[N+]([O-])[O-].O=[N+]([O-])[O-].[Co+2].[OH3+].[OH3+].[OH3+].[OH3+]. The molecule has 0 aliphatic rings. The van der Waals surface area contributed by atoms with Crippen LogP contribution in [-0.2, 0) is 38.7 Å². The largest absolute Gasteiger partial charge is 2.00 e. The van der Waals surface area contributed by atoms with Crippen LogP contribution in [0.4, 0.5) is 0 Å². The van der Waals surface area contributed by atoms with Gasteiger partial charge in [0.05, 0.1) is 22.3 Å². The second-order valence-electron chi connectivity index (χ2n) is 0.894. The van der Waals surface area contributed by atoms with E-state index in [0.29, 0.717) is 0 Å². The van der Waals surface area contributed by atoms with E-state index in [2.05, 4.69) is 0 Å². The van der Waals surface area contributed by atoms with E-state index >= 15 is 0 Å². The molecule has 0 bridgehead atoms. The van der Waals surface area contributed by atoms with Gasteiger partial charge in [-0.1, -0.05) is 0 Å². The molecule has 14 nitrogen and oxygen atoms in total. The van der Waals surface area contributed by atoms with Gasteiger partial charge in [0.1, 0.15) is 0 Å². The first-order chi connectivity index (χ1) is 6.29. The Kier molecular flexibility index (Phi) is 379. The zero-order valence-electron chi connectivity index (χ0n) is 9.88. The standard InChI is InChI=1S/2C2H3N.Co.2NO3.4H2O/c2*1-2-3;;2*2-1(3)4;;;;/h2*1H3;;;;4*1H2/q;;+2;2*-1;;;;/p+4. The average Bonchev–Trinajstić information content (AvgIpc) is 1.85. The minimum Gasteiger partial charge on any atom is -0.457 e. The first kappa shape index (κ1) is 69.3. The van der Waals surface area contributed by atoms with Gasteiger partial charge in [-0.15, -0.1) is 0 Å². The van der Waals surface area contributed by atoms with Gasteiger partial charge in [0, 0.05) is 13.8 Å². The molecule has 0 saturated carbocycles. The number of hydrogen-bond donors (Lipinski definition) is 0. The van der Waals surface area contributed by atoms with Crippen molar-refractivity contribution in [3.8, 4) is 12.1 Å². The number of rotatable bonds is 0. The fourth-order valence-corrected chi connectivity index (χ4v) is 0. The van der Waals surface area contributed by atoms with Crippen LogP contribution in [0.15, 0.2) is 0 Å². The third-order valence-corrected chi connectivity index (χ3v) is 0. The van der Waals surface area contributed by atoms with Crippen LogP contribution >= 0.6 is 0 Å². The van der Waals surface area contributed by atoms with Crippen molar-refractivity contribution >= 4 is 0 Å². The van der Waals surface area contributed by atoms with Crippen molar-refractivity contribution in [3.05, 3.63) is 30.6 Å². The van der Waals surface area contributed by atoms with Crippen LogP contribution in [0.2, 0.25) is 0 Å². The van der Waals surface area contributed by atoms with Gasteiger partial charge < -0.3 is 52.5 Å². The maximum absolute atomic E-state index is 8.25. The molecule has 12 N–H and O–H groups in total. The molecular weight excluding hydrogens is 323 g/mol. The first-order valence-electron chi connectivity index (χ1n) is 2.54. The van der Waals surface area contributed by atoms with Gasteiger partial charge in [-0.2, -0.15) is 10.5 Å². The summed E-state index contributed by atoms with van der Waals surface area (Å²) in [6, 6.07) is 3.50. The summed E-state index contributed by atoms with van der Waals surface area (Å²) in [5.74, 6) is 0. The Morgan fingerprint density at radius 3 is 0.737 bits per heavy atom. The molecule has 0 atom stereocenters. The fraction of sp³-hybridized carbons (Fsp3) is 0.500. The molecule has 0 aromatic rings. The van der Waals surface area contributed by atoms with E-state index in [-0.39, 0.29) is 38.7 Å². The van der Waals surface area contributed by atoms with E-state index in [4.69, 9.17) is 41.2 Å². The summed E-state index contributed by atoms with van der Waals surface area (Å²) in [4.78, 5) is 16.5. The molecule has 15 heteroatoms. The maximum atomic E-state index is 8.25. The van der Waals surface area contributed by atoms with Crippen LogP contribution in [0.1, 0.15) is 13.8 Å². The van der Waals surface area contributed by atoms with Gasteiger partial charge in [0.2, 0.25) is 0 Å². The van der Waals surface area contributed by atoms with Crippen LogP contribution < -0.4 is 0 Å². The van der Waals surface area contributed by atoms with Crippen molar-refractivity contribution in [2.45, 2.75) is 13.8 Å². The zero-order chi connectivity index (χ0) is 12.6. The van der Waals surface area contributed by atoms with Crippen molar-refractivity contribution in [2.75, 3.05) is 0 Å². The van der Waals surface area contributed by atoms with Crippen LogP contribution in [0.25, 0.3) is 0 Å². The molecule has 0 saturated heterocycles. The van der Waals surface area contributed by atoms with E-state index in [1.807, 2.05) is 0 Å². The predicted molar refractivity (Wildman–Crippen MR) is 62.8 cm³/mol. The van der Waals surface area contributed by atoms with Crippen molar-refractivity contribution in [3.63, 3.8) is 0 Å². The summed E-state index contributed by atoms with van der Waals surface area (Å²) in [5, 5.41) is 44.1. The van der Waals surface area contributed by atoms with Crippen LogP contribution in [0, 0.1) is 53.3 Å². The summed E-state index contributed by atoms with van der Waals surface area (Å²) >= 11 is 0. The zero-order valence-corrected chi connectivity index (χ0v) is 10.9. The molecule has 0 aromatic heterocycles. The van der Waals surface area contributed by atoms with Gasteiger partial charge in [0.15, 0.2) is 0 Å². The maximum Gasteiger partial charge on any atom is 2.00 e. The predicted octanol–water partition coefficient (Wildman–Crippen LogP) is -3.11. The molecule has 0 amide bonds.